The molecule has 2 amide bonds. The van der Waals surface area contributed by atoms with Gasteiger partial charge in [0.2, 0.25) is 11.8 Å². The molecule has 2 saturated heterocycles. The fourth-order valence-electron chi connectivity index (χ4n) is 3.20. The largest absolute Gasteiger partial charge is 0.383 e. The highest BCUT2D eigenvalue weighted by Crippen LogP contribution is 2.23. The van der Waals surface area contributed by atoms with Gasteiger partial charge in [0.05, 0.1) is 18.6 Å². The minimum atomic E-state index is -0.153. The Morgan fingerprint density at radius 3 is 2.55 bits per heavy atom. The fraction of sp³-hybridized carbons (Fsp3) is 0.867. The lowest BCUT2D eigenvalue weighted by atomic mass is 10.1. The first kappa shape index (κ1) is 15.3. The van der Waals surface area contributed by atoms with Gasteiger partial charge in [0, 0.05) is 33.2 Å². The van der Waals surface area contributed by atoms with Crippen LogP contribution in [0.15, 0.2) is 0 Å². The highest BCUT2D eigenvalue weighted by molar-refractivity contribution is 5.89. The van der Waals surface area contributed by atoms with Gasteiger partial charge in [-0.15, -0.1) is 0 Å². The third kappa shape index (κ3) is 3.51. The van der Waals surface area contributed by atoms with Gasteiger partial charge in [0.25, 0.3) is 0 Å². The summed E-state index contributed by atoms with van der Waals surface area (Å²) in [6.45, 7) is 4.77. The van der Waals surface area contributed by atoms with E-state index in [0.717, 1.165) is 25.9 Å². The summed E-state index contributed by atoms with van der Waals surface area (Å²) in [6.07, 6.45) is 4.98. The first-order valence-corrected chi connectivity index (χ1v) is 7.70. The molecule has 0 saturated carbocycles. The molecule has 2 atom stereocenters. The van der Waals surface area contributed by atoms with Crippen LogP contribution in [-0.2, 0) is 14.3 Å². The number of ether oxygens (including phenoxy) is 1. The fourth-order valence-corrected chi connectivity index (χ4v) is 3.20. The second kappa shape index (κ2) is 7.07. The SMILES string of the molecule is COC[C@@H](C)N1C[C@@H](C(=O)N2CCCCCC2)CC1=O. The van der Waals surface area contributed by atoms with Crippen LogP contribution in [0, 0.1) is 5.92 Å². The summed E-state index contributed by atoms with van der Waals surface area (Å²) in [5.74, 6) is 0.106. The molecular weight excluding hydrogens is 256 g/mol. The summed E-state index contributed by atoms with van der Waals surface area (Å²) in [7, 11) is 1.64. The molecule has 2 aliphatic rings. The highest BCUT2D eigenvalue weighted by atomic mass is 16.5. The Hall–Kier alpha value is -1.10. The van der Waals surface area contributed by atoms with Gasteiger partial charge in [-0.1, -0.05) is 12.8 Å². The molecule has 114 valence electrons. The third-order valence-electron chi connectivity index (χ3n) is 4.37. The highest BCUT2D eigenvalue weighted by Gasteiger charge is 2.38. The van der Waals surface area contributed by atoms with Crippen molar-refractivity contribution in [2.75, 3.05) is 33.4 Å². The van der Waals surface area contributed by atoms with E-state index >= 15 is 0 Å². The van der Waals surface area contributed by atoms with Crippen molar-refractivity contribution in [3.8, 4) is 0 Å². The van der Waals surface area contributed by atoms with Crippen LogP contribution in [0.1, 0.15) is 39.0 Å². The average Bonchev–Trinajstić information content (AvgIpc) is 2.65. The Bertz CT molecular complexity index is 351. The molecule has 2 aliphatic heterocycles. The zero-order chi connectivity index (χ0) is 14.5. The molecule has 0 aliphatic carbocycles. The van der Waals surface area contributed by atoms with E-state index in [2.05, 4.69) is 0 Å². The zero-order valence-electron chi connectivity index (χ0n) is 12.6. The van der Waals surface area contributed by atoms with Gasteiger partial charge in [-0.25, -0.2) is 0 Å². The Morgan fingerprint density at radius 1 is 1.30 bits per heavy atom. The number of likely N-dealkylation sites (tertiary alicyclic amines) is 2. The number of amides is 2. The molecule has 0 bridgehead atoms. The number of hydrogen-bond acceptors (Lipinski definition) is 3. The van der Waals surface area contributed by atoms with Crippen molar-refractivity contribution in [2.24, 2.45) is 5.92 Å². The topological polar surface area (TPSA) is 49.9 Å². The van der Waals surface area contributed by atoms with Crippen LogP contribution in [0.4, 0.5) is 0 Å². The standard InChI is InChI=1S/C15H26N2O3/c1-12(11-20-2)17-10-13(9-14(17)18)15(19)16-7-5-3-4-6-8-16/h12-13H,3-11H2,1-2H3/t12-,13+/m1/s1. The molecule has 0 N–H and O–H groups in total. The normalized spacial score (nSPS) is 25.7. The predicted octanol–water partition coefficient (Wildman–Crippen LogP) is 1.27. The minimum absolute atomic E-state index is 0.0504. The molecule has 5 nitrogen and oxygen atoms in total. The number of hydrogen-bond donors (Lipinski definition) is 0. The van der Waals surface area contributed by atoms with Gasteiger partial charge in [0.15, 0.2) is 0 Å². The van der Waals surface area contributed by atoms with Gasteiger partial charge in [0.1, 0.15) is 0 Å². The third-order valence-corrected chi connectivity index (χ3v) is 4.37. The maximum atomic E-state index is 12.5. The maximum absolute atomic E-state index is 12.5. The number of methoxy groups -OCH3 is 1. The Morgan fingerprint density at radius 2 is 1.95 bits per heavy atom. The lowest BCUT2D eigenvalue weighted by Crippen LogP contribution is -2.40. The van der Waals surface area contributed by atoms with Gasteiger partial charge >= 0.3 is 0 Å². The van der Waals surface area contributed by atoms with E-state index in [1.807, 2.05) is 11.8 Å². The number of nitrogens with zero attached hydrogens (tertiary/aromatic N) is 2. The monoisotopic (exact) mass is 282 g/mol. The van der Waals surface area contributed by atoms with E-state index in [1.54, 1.807) is 12.0 Å². The van der Waals surface area contributed by atoms with Crippen LogP contribution in [0.5, 0.6) is 0 Å². The summed E-state index contributed by atoms with van der Waals surface area (Å²) in [5, 5.41) is 0. The lowest BCUT2D eigenvalue weighted by Gasteiger charge is -2.26. The molecule has 0 spiro atoms. The summed E-state index contributed by atoms with van der Waals surface area (Å²) >= 11 is 0. The lowest BCUT2D eigenvalue weighted by molar-refractivity contribution is -0.135. The molecule has 0 aromatic carbocycles. The summed E-state index contributed by atoms with van der Waals surface area (Å²) in [6, 6.07) is 0.0504. The van der Waals surface area contributed by atoms with Crippen LogP contribution in [-0.4, -0.2) is 61.0 Å². The van der Waals surface area contributed by atoms with E-state index in [1.165, 1.54) is 12.8 Å². The van der Waals surface area contributed by atoms with Crippen LogP contribution < -0.4 is 0 Å². The smallest absolute Gasteiger partial charge is 0.227 e. The van der Waals surface area contributed by atoms with E-state index in [4.69, 9.17) is 4.74 Å². The molecule has 0 unspecified atom stereocenters. The van der Waals surface area contributed by atoms with Crippen molar-refractivity contribution < 1.29 is 14.3 Å². The van der Waals surface area contributed by atoms with Crippen molar-refractivity contribution in [3.63, 3.8) is 0 Å². The van der Waals surface area contributed by atoms with Gasteiger partial charge in [-0.2, -0.15) is 0 Å². The molecule has 20 heavy (non-hydrogen) atoms. The van der Waals surface area contributed by atoms with Crippen LogP contribution in [0.2, 0.25) is 0 Å². The maximum Gasteiger partial charge on any atom is 0.227 e. The molecule has 0 aromatic rings. The van der Waals surface area contributed by atoms with E-state index in [-0.39, 0.29) is 23.8 Å². The van der Waals surface area contributed by atoms with Crippen LogP contribution >= 0.6 is 0 Å². The number of rotatable bonds is 4. The second-order valence-corrected chi connectivity index (χ2v) is 5.99. The van der Waals surface area contributed by atoms with Crippen molar-refractivity contribution in [1.82, 2.24) is 9.80 Å². The van der Waals surface area contributed by atoms with Gasteiger partial charge in [-0.05, 0) is 19.8 Å². The molecular formula is C15H26N2O3. The van der Waals surface area contributed by atoms with Crippen molar-refractivity contribution in [1.29, 1.82) is 0 Å². The molecule has 2 heterocycles. The number of carbonyl (C=O) groups excluding carboxylic acids is 2. The quantitative estimate of drug-likeness (QED) is 0.780. The average molecular weight is 282 g/mol. The van der Waals surface area contributed by atoms with E-state index in [9.17, 15) is 9.59 Å². The summed E-state index contributed by atoms with van der Waals surface area (Å²) < 4.78 is 5.10. The number of carbonyl (C=O) groups is 2. The molecule has 0 radical (unpaired) electrons. The Kier molecular flexibility index (Phi) is 5.40. The Balaban J connectivity index is 1.93. The van der Waals surface area contributed by atoms with Crippen molar-refractivity contribution in [3.05, 3.63) is 0 Å². The first-order valence-electron chi connectivity index (χ1n) is 7.70. The first-order chi connectivity index (χ1) is 9.63. The van der Waals surface area contributed by atoms with Crippen LogP contribution in [0.3, 0.4) is 0 Å². The molecule has 2 rings (SSSR count). The Labute approximate surface area is 121 Å². The van der Waals surface area contributed by atoms with Crippen LogP contribution in [0.25, 0.3) is 0 Å². The summed E-state index contributed by atoms with van der Waals surface area (Å²) in [5.41, 5.74) is 0. The summed E-state index contributed by atoms with van der Waals surface area (Å²) in [4.78, 5) is 28.4. The second-order valence-electron chi connectivity index (χ2n) is 5.99. The molecule has 2 fully saturated rings. The van der Waals surface area contributed by atoms with E-state index in [0.29, 0.717) is 19.6 Å². The molecule has 5 heteroatoms. The van der Waals surface area contributed by atoms with Gasteiger partial charge in [-0.3, -0.25) is 9.59 Å². The minimum Gasteiger partial charge on any atom is -0.383 e. The van der Waals surface area contributed by atoms with Crippen molar-refractivity contribution in [2.45, 2.75) is 45.1 Å². The molecule has 0 aromatic heterocycles. The van der Waals surface area contributed by atoms with Gasteiger partial charge < -0.3 is 14.5 Å². The van der Waals surface area contributed by atoms with Crippen molar-refractivity contribution >= 4 is 11.8 Å². The zero-order valence-corrected chi connectivity index (χ0v) is 12.6. The van der Waals surface area contributed by atoms with E-state index < -0.39 is 0 Å². The predicted molar refractivity (Wildman–Crippen MR) is 76.2 cm³/mol.